The first-order chi connectivity index (χ1) is 13.9. The fourth-order valence-electron chi connectivity index (χ4n) is 2.54. The number of fused-ring (bicyclic) bond motifs is 1. The molecule has 0 N–H and O–H groups in total. The van der Waals surface area contributed by atoms with Crippen LogP contribution in [0.4, 0.5) is 13.2 Å². The highest BCUT2D eigenvalue weighted by atomic mass is 32.2. The highest BCUT2D eigenvalue weighted by Crippen LogP contribution is 2.25. The molecule has 0 aliphatic rings. The summed E-state index contributed by atoms with van der Waals surface area (Å²) < 4.78 is 43.5. The van der Waals surface area contributed by atoms with E-state index in [9.17, 15) is 18.0 Å². The quantitative estimate of drug-likeness (QED) is 0.459. The Morgan fingerprint density at radius 3 is 2.66 bits per heavy atom. The van der Waals surface area contributed by atoms with Crippen molar-refractivity contribution in [2.45, 2.75) is 17.3 Å². The number of halogens is 3. The molecule has 12 heteroatoms. The predicted octanol–water partition coefficient (Wildman–Crippen LogP) is 2.86. The standard InChI is InChI=1S/C17H11F3N6O2S/c18-17(19,20)28-13-6-4-12(5-7-13)26-16(22-23-24-26)29-10-11-9-15(27)25-8-2-1-3-14(25)21-11/h1-9H,10H2. The Morgan fingerprint density at radius 1 is 1.10 bits per heavy atom. The Kier molecular flexibility index (Phi) is 4.92. The molecule has 0 aliphatic carbocycles. The molecule has 0 amide bonds. The molecule has 1 aromatic carbocycles. The van der Waals surface area contributed by atoms with E-state index in [0.717, 1.165) is 0 Å². The third-order valence-electron chi connectivity index (χ3n) is 3.73. The number of hydrogen-bond donors (Lipinski definition) is 0. The minimum Gasteiger partial charge on any atom is -0.406 e. The second-order valence-corrected chi connectivity index (χ2v) is 6.66. The van der Waals surface area contributed by atoms with Crippen molar-refractivity contribution in [2.75, 3.05) is 0 Å². The number of aromatic nitrogens is 6. The molecule has 148 valence electrons. The molecule has 0 bridgehead atoms. The van der Waals surface area contributed by atoms with Crippen molar-refractivity contribution >= 4 is 17.4 Å². The first kappa shape index (κ1) is 18.9. The second kappa shape index (κ2) is 7.54. The van der Waals surface area contributed by atoms with E-state index in [4.69, 9.17) is 0 Å². The van der Waals surface area contributed by atoms with Crippen molar-refractivity contribution in [3.8, 4) is 11.4 Å². The third kappa shape index (κ3) is 4.37. The van der Waals surface area contributed by atoms with Gasteiger partial charge in [0, 0.05) is 18.0 Å². The smallest absolute Gasteiger partial charge is 0.406 e. The number of alkyl halides is 3. The zero-order chi connectivity index (χ0) is 20.4. The van der Waals surface area contributed by atoms with Gasteiger partial charge in [0.25, 0.3) is 5.56 Å². The molecule has 0 saturated carbocycles. The summed E-state index contributed by atoms with van der Waals surface area (Å²) in [6, 6.07) is 11.8. The molecule has 0 fully saturated rings. The molecule has 0 saturated heterocycles. The molecule has 0 unspecified atom stereocenters. The number of nitrogens with zero attached hydrogens (tertiary/aromatic N) is 6. The van der Waals surface area contributed by atoms with Crippen LogP contribution in [0.5, 0.6) is 5.75 Å². The van der Waals surface area contributed by atoms with Crippen LogP contribution in [0, 0.1) is 0 Å². The Balaban J connectivity index is 1.52. The van der Waals surface area contributed by atoms with Crippen LogP contribution >= 0.6 is 11.8 Å². The van der Waals surface area contributed by atoms with Crippen molar-refractivity contribution in [3.63, 3.8) is 0 Å². The van der Waals surface area contributed by atoms with Gasteiger partial charge in [-0.1, -0.05) is 17.8 Å². The van der Waals surface area contributed by atoms with Gasteiger partial charge in [0.1, 0.15) is 11.4 Å². The SMILES string of the molecule is O=c1cc(CSc2nnnn2-c2ccc(OC(F)(F)F)cc2)nc2ccccn12. The van der Waals surface area contributed by atoms with Crippen LogP contribution in [-0.2, 0) is 5.75 Å². The van der Waals surface area contributed by atoms with Crippen LogP contribution in [-0.4, -0.2) is 36.0 Å². The maximum absolute atomic E-state index is 12.3. The lowest BCUT2D eigenvalue weighted by atomic mass is 10.3. The molecule has 0 atom stereocenters. The molecule has 29 heavy (non-hydrogen) atoms. The van der Waals surface area contributed by atoms with Gasteiger partial charge in [-0.3, -0.25) is 9.20 Å². The lowest BCUT2D eigenvalue weighted by Crippen LogP contribution is -2.17. The number of ether oxygens (including phenoxy) is 1. The molecule has 0 spiro atoms. The normalized spacial score (nSPS) is 11.7. The topological polar surface area (TPSA) is 87.2 Å². The van der Waals surface area contributed by atoms with Gasteiger partial charge in [0.2, 0.25) is 5.16 Å². The molecule has 4 rings (SSSR count). The molecular weight excluding hydrogens is 409 g/mol. The number of benzene rings is 1. The maximum Gasteiger partial charge on any atom is 0.573 e. The fourth-order valence-corrected chi connectivity index (χ4v) is 3.32. The summed E-state index contributed by atoms with van der Waals surface area (Å²) in [6.45, 7) is 0. The molecule has 0 aliphatic heterocycles. The Hall–Kier alpha value is -3.41. The van der Waals surface area contributed by atoms with Crippen LogP contribution in [0.25, 0.3) is 11.3 Å². The zero-order valence-corrected chi connectivity index (χ0v) is 15.3. The van der Waals surface area contributed by atoms with E-state index >= 15 is 0 Å². The van der Waals surface area contributed by atoms with Gasteiger partial charge in [-0.05, 0) is 46.8 Å². The van der Waals surface area contributed by atoms with E-state index in [-0.39, 0.29) is 11.3 Å². The van der Waals surface area contributed by atoms with E-state index < -0.39 is 6.36 Å². The molecule has 4 aromatic rings. The van der Waals surface area contributed by atoms with Crippen molar-refractivity contribution in [1.82, 2.24) is 29.6 Å². The third-order valence-corrected chi connectivity index (χ3v) is 4.68. The zero-order valence-electron chi connectivity index (χ0n) is 14.4. The van der Waals surface area contributed by atoms with Crippen molar-refractivity contribution in [2.24, 2.45) is 0 Å². The minimum atomic E-state index is -4.76. The van der Waals surface area contributed by atoms with E-state index in [1.54, 1.807) is 24.4 Å². The van der Waals surface area contributed by atoms with Gasteiger partial charge < -0.3 is 4.74 Å². The number of tetrazole rings is 1. The van der Waals surface area contributed by atoms with Crippen LogP contribution < -0.4 is 10.3 Å². The van der Waals surface area contributed by atoms with Crippen molar-refractivity contribution in [1.29, 1.82) is 0 Å². The summed E-state index contributed by atoms with van der Waals surface area (Å²) in [5.74, 6) is -0.0135. The van der Waals surface area contributed by atoms with Gasteiger partial charge in [-0.2, -0.15) is 4.68 Å². The van der Waals surface area contributed by atoms with Gasteiger partial charge >= 0.3 is 6.36 Å². The summed E-state index contributed by atoms with van der Waals surface area (Å²) in [5.41, 5.74) is 1.33. The maximum atomic E-state index is 12.3. The summed E-state index contributed by atoms with van der Waals surface area (Å²) in [6.07, 6.45) is -3.13. The van der Waals surface area contributed by atoms with E-state index in [0.29, 0.717) is 27.9 Å². The Bertz CT molecular complexity index is 1210. The van der Waals surface area contributed by atoms with Crippen LogP contribution in [0.2, 0.25) is 0 Å². The monoisotopic (exact) mass is 420 g/mol. The van der Waals surface area contributed by atoms with Crippen LogP contribution in [0.15, 0.2) is 64.7 Å². The van der Waals surface area contributed by atoms with Crippen molar-refractivity contribution in [3.05, 3.63) is 70.8 Å². The van der Waals surface area contributed by atoms with Crippen LogP contribution in [0.3, 0.4) is 0 Å². The first-order valence-corrected chi connectivity index (χ1v) is 9.12. The first-order valence-electron chi connectivity index (χ1n) is 8.14. The highest BCUT2D eigenvalue weighted by Gasteiger charge is 2.31. The number of rotatable bonds is 5. The Morgan fingerprint density at radius 2 is 1.90 bits per heavy atom. The average Bonchev–Trinajstić information content (AvgIpc) is 3.14. The molecule has 0 radical (unpaired) electrons. The molecule has 3 aromatic heterocycles. The van der Waals surface area contributed by atoms with Crippen LogP contribution in [0.1, 0.15) is 5.69 Å². The van der Waals surface area contributed by atoms with Gasteiger partial charge in [0.05, 0.1) is 11.4 Å². The van der Waals surface area contributed by atoms with Gasteiger partial charge in [-0.15, -0.1) is 18.3 Å². The summed E-state index contributed by atoms with van der Waals surface area (Å²) >= 11 is 1.24. The number of pyridine rings is 1. The second-order valence-electron chi connectivity index (χ2n) is 5.72. The van der Waals surface area contributed by atoms with E-state index in [1.165, 1.54) is 51.2 Å². The largest absolute Gasteiger partial charge is 0.573 e. The summed E-state index contributed by atoms with van der Waals surface area (Å²) in [5, 5.41) is 11.8. The summed E-state index contributed by atoms with van der Waals surface area (Å²) in [7, 11) is 0. The van der Waals surface area contributed by atoms with E-state index in [1.807, 2.05) is 0 Å². The van der Waals surface area contributed by atoms with Gasteiger partial charge in [-0.25, -0.2) is 4.98 Å². The molecule has 3 heterocycles. The molecule has 8 nitrogen and oxygen atoms in total. The Labute approximate surface area is 165 Å². The minimum absolute atomic E-state index is 0.203. The fraction of sp³-hybridized carbons (Fsp3) is 0.118. The summed E-state index contributed by atoms with van der Waals surface area (Å²) in [4.78, 5) is 16.6. The predicted molar refractivity (Wildman–Crippen MR) is 96.9 cm³/mol. The van der Waals surface area contributed by atoms with E-state index in [2.05, 4.69) is 25.2 Å². The number of thioether (sulfide) groups is 1. The van der Waals surface area contributed by atoms with Gasteiger partial charge in [0.15, 0.2) is 0 Å². The average molecular weight is 420 g/mol. The highest BCUT2D eigenvalue weighted by molar-refractivity contribution is 7.98. The number of hydrogen-bond acceptors (Lipinski definition) is 7. The lowest BCUT2D eigenvalue weighted by molar-refractivity contribution is -0.274. The van der Waals surface area contributed by atoms with Crippen molar-refractivity contribution < 1.29 is 17.9 Å². The molecular formula is C17H11F3N6O2S. The lowest BCUT2D eigenvalue weighted by Gasteiger charge is -2.09.